The van der Waals surface area contributed by atoms with Crippen LogP contribution in [0.25, 0.3) is 0 Å². The second kappa shape index (κ2) is 6.09. The van der Waals surface area contributed by atoms with Gasteiger partial charge in [0.15, 0.2) is 0 Å². The Bertz CT molecular complexity index is 933. The van der Waals surface area contributed by atoms with Crippen LogP contribution >= 0.6 is 11.8 Å². The highest BCUT2D eigenvalue weighted by molar-refractivity contribution is 8.15. The third kappa shape index (κ3) is 2.49. The van der Waals surface area contributed by atoms with Gasteiger partial charge in [0.1, 0.15) is 21.5 Å². The second-order valence-corrected chi connectivity index (χ2v) is 7.70. The molecule has 0 fully saturated rings. The summed E-state index contributed by atoms with van der Waals surface area (Å²) >= 11 is 1.31. The molecule has 0 aliphatic carbocycles. The van der Waals surface area contributed by atoms with Crippen molar-refractivity contribution in [3.05, 3.63) is 65.2 Å². The first-order valence-corrected chi connectivity index (χ1v) is 9.08. The summed E-state index contributed by atoms with van der Waals surface area (Å²) in [6, 6.07) is 11.1. The maximum absolute atomic E-state index is 14.3. The quantitative estimate of drug-likeness (QED) is 0.760. The van der Waals surface area contributed by atoms with Crippen molar-refractivity contribution in [3.63, 3.8) is 0 Å². The first kappa shape index (κ1) is 17.0. The third-order valence-electron chi connectivity index (χ3n) is 4.78. The largest absolute Gasteiger partial charge is 0.374 e. The fourth-order valence-electron chi connectivity index (χ4n) is 3.53. The Morgan fingerprint density at radius 3 is 2.77 bits per heavy atom. The topological polar surface area (TPSA) is 35.9 Å². The van der Waals surface area contributed by atoms with Crippen molar-refractivity contribution in [3.8, 4) is 0 Å². The molecule has 1 amide bonds. The fourth-order valence-corrected chi connectivity index (χ4v) is 4.97. The molecule has 1 spiro atoms. The lowest BCUT2D eigenvalue weighted by Crippen LogP contribution is -2.46. The molecule has 1 unspecified atom stereocenters. The van der Waals surface area contributed by atoms with E-state index in [-0.39, 0.29) is 11.5 Å². The van der Waals surface area contributed by atoms with Gasteiger partial charge in [-0.1, -0.05) is 30.0 Å². The van der Waals surface area contributed by atoms with Crippen LogP contribution in [0.4, 0.5) is 14.5 Å². The molecule has 26 heavy (non-hydrogen) atoms. The molecule has 1 atom stereocenters. The minimum Gasteiger partial charge on any atom is -0.374 e. The Kier molecular flexibility index (Phi) is 3.99. The molecule has 2 heterocycles. The minimum atomic E-state index is -0.747. The van der Waals surface area contributed by atoms with Gasteiger partial charge in [0, 0.05) is 43.8 Å². The molecule has 4 nitrogen and oxygen atoms in total. The van der Waals surface area contributed by atoms with Crippen LogP contribution in [0.5, 0.6) is 0 Å². The summed E-state index contributed by atoms with van der Waals surface area (Å²) in [6.45, 7) is 2.17. The zero-order chi connectivity index (χ0) is 18.5. The van der Waals surface area contributed by atoms with E-state index in [4.69, 9.17) is 0 Å². The van der Waals surface area contributed by atoms with Crippen molar-refractivity contribution in [1.29, 1.82) is 0 Å². The van der Waals surface area contributed by atoms with Crippen molar-refractivity contribution in [2.24, 2.45) is 5.10 Å². The van der Waals surface area contributed by atoms with Gasteiger partial charge in [0.25, 0.3) is 0 Å². The molecule has 0 saturated carbocycles. The van der Waals surface area contributed by atoms with Crippen LogP contribution in [0.15, 0.2) is 47.6 Å². The van der Waals surface area contributed by atoms with Gasteiger partial charge in [-0.2, -0.15) is 5.10 Å². The number of thioether (sulfide) groups is 1. The lowest BCUT2D eigenvalue weighted by Gasteiger charge is -2.43. The summed E-state index contributed by atoms with van der Waals surface area (Å²) in [5.74, 6) is -1.33. The molecular formula is C19H17F2N3OS. The van der Waals surface area contributed by atoms with Crippen molar-refractivity contribution >= 4 is 28.4 Å². The highest BCUT2D eigenvalue weighted by atomic mass is 32.2. The third-order valence-corrected chi connectivity index (χ3v) is 6.21. The molecule has 0 saturated heterocycles. The van der Waals surface area contributed by atoms with Crippen LogP contribution in [0.1, 0.15) is 24.5 Å². The molecule has 2 aromatic rings. The number of para-hydroxylation sites is 1. The highest BCUT2D eigenvalue weighted by Crippen LogP contribution is 2.54. The van der Waals surface area contributed by atoms with Crippen LogP contribution < -0.4 is 4.90 Å². The first-order chi connectivity index (χ1) is 12.4. The number of carbonyl (C=O) groups is 1. The number of hydrogen-bond donors (Lipinski definition) is 0. The van der Waals surface area contributed by atoms with Gasteiger partial charge in [-0.05, 0) is 24.3 Å². The molecule has 0 N–H and O–H groups in total. The lowest BCUT2D eigenvalue weighted by atomic mass is 9.95. The highest BCUT2D eigenvalue weighted by Gasteiger charge is 2.51. The fraction of sp³-hybridized carbons (Fsp3) is 0.263. The maximum atomic E-state index is 14.3. The van der Waals surface area contributed by atoms with Gasteiger partial charge in [-0.15, -0.1) is 0 Å². The van der Waals surface area contributed by atoms with Crippen LogP contribution in [-0.2, 0) is 9.67 Å². The number of fused-ring (bicyclic) bond motifs is 2. The summed E-state index contributed by atoms with van der Waals surface area (Å²) in [7, 11) is 2.00. The molecule has 2 aliphatic heterocycles. The zero-order valence-corrected chi connectivity index (χ0v) is 15.2. The molecule has 2 aromatic carbocycles. The van der Waals surface area contributed by atoms with Crippen molar-refractivity contribution in [1.82, 2.24) is 5.01 Å². The van der Waals surface area contributed by atoms with Gasteiger partial charge >= 0.3 is 0 Å². The van der Waals surface area contributed by atoms with Gasteiger partial charge in [-0.3, -0.25) is 4.79 Å². The normalized spacial score (nSPS) is 21.8. The SMILES string of the molecule is CC(=O)N1N=C(c2cc(F)ccc2F)SC12CCN(C)c1ccccc12. The van der Waals surface area contributed by atoms with Crippen molar-refractivity contribution in [2.75, 3.05) is 18.5 Å². The number of amides is 1. The predicted octanol–water partition coefficient (Wildman–Crippen LogP) is 3.91. The Morgan fingerprint density at radius 2 is 2.00 bits per heavy atom. The first-order valence-electron chi connectivity index (χ1n) is 8.27. The molecule has 0 radical (unpaired) electrons. The maximum Gasteiger partial charge on any atom is 0.241 e. The average Bonchev–Trinajstić information content (AvgIpc) is 3.01. The Labute approximate surface area is 154 Å². The minimum absolute atomic E-state index is 0.0783. The van der Waals surface area contributed by atoms with E-state index in [2.05, 4.69) is 10.0 Å². The van der Waals surface area contributed by atoms with E-state index >= 15 is 0 Å². The summed E-state index contributed by atoms with van der Waals surface area (Å²) in [5.41, 5.74) is 2.03. The average molecular weight is 373 g/mol. The molecule has 2 aliphatic rings. The molecular weight excluding hydrogens is 356 g/mol. The number of hydrogen-bond acceptors (Lipinski definition) is 4. The zero-order valence-electron chi connectivity index (χ0n) is 14.4. The summed E-state index contributed by atoms with van der Waals surface area (Å²) in [4.78, 5) is 13.7. The standard InChI is InChI=1S/C19H17F2N3OS/c1-12(25)24-19(9-10-23(2)17-6-4-3-5-15(17)19)26-18(22-24)14-11-13(20)7-8-16(14)21/h3-8,11H,9-10H2,1-2H3. The number of anilines is 1. The number of carbonyl (C=O) groups excluding carboxylic acids is 1. The molecule has 0 bridgehead atoms. The molecule has 0 aromatic heterocycles. The van der Waals surface area contributed by atoms with Crippen LogP contribution in [0.3, 0.4) is 0 Å². The van der Waals surface area contributed by atoms with Gasteiger partial charge in [0.2, 0.25) is 5.91 Å². The van der Waals surface area contributed by atoms with E-state index < -0.39 is 16.5 Å². The summed E-state index contributed by atoms with van der Waals surface area (Å²) in [6.07, 6.45) is 0.634. The smallest absolute Gasteiger partial charge is 0.241 e. The predicted molar refractivity (Wildman–Crippen MR) is 99.0 cm³/mol. The van der Waals surface area contributed by atoms with Gasteiger partial charge in [0.05, 0.1) is 0 Å². The van der Waals surface area contributed by atoms with Crippen LogP contribution in [0, 0.1) is 11.6 Å². The number of rotatable bonds is 1. The summed E-state index contributed by atoms with van der Waals surface area (Å²) in [5, 5.41) is 6.13. The van der Waals surface area contributed by atoms with E-state index in [9.17, 15) is 13.6 Å². The van der Waals surface area contributed by atoms with Gasteiger partial charge in [-0.25, -0.2) is 13.8 Å². The number of benzene rings is 2. The van der Waals surface area contributed by atoms with Crippen LogP contribution in [0.2, 0.25) is 0 Å². The van der Waals surface area contributed by atoms with E-state index in [1.165, 1.54) is 23.7 Å². The number of nitrogens with zero attached hydrogens (tertiary/aromatic N) is 3. The molecule has 7 heteroatoms. The Hall–Kier alpha value is -2.41. The van der Waals surface area contributed by atoms with E-state index in [1.54, 1.807) is 0 Å². The van der Waals surface area contributed by atoms with Gasteiger partial charge < -0.3 is 4.90 Å². The summed E-state index contributed by atoms with van der Waals surface area (Å²) < 4.78 is 28.0. The van der Waals surface area contributed by atoms with Crippen LogP contribution in [-0.4, -0.2) is 29.6 Å². The second-order valence-electron chi connectivity index (χ2n) is 6.44. The number of halogens is 2. The molecule has 134 valence electrons. The number of hydrazone groups is 1. The molecule has 4 rings (SSSR count). The van der Waals surface area contributed by atoms with Crippen molar-refractivity contribution < 1.29 is 13.6 Å². The van der Waals surface area contributed by atoms with Crippen molar-refractivity contribution in [2.45, 2.75) is 18.2 Å². The lowest BCUT2D eigenvalue weighted by molar-refractivity contribution is -0.132. The van der Waals surface area contributed by atoms with E-state index in [0.29, 0.717) is 11.5 Å². The monoisotopic (exact) mass is 373 g/mol. The Balaban J connectivity index is 1.86. The Morgan fingerprint density at radius 1 is 1.23 bits per heavy atom. The van der Waals surface area contributed by atoms with E-state index in [1.807, 2.05) is 31.3 Å². The van der Waals surface area contributed by atoms with E-state index in [0.717, 1.165) is 36.0 Å².